The Hall–Kier alpha value is -4.39. The highest BCUT2D eigenvalue weighted by Crippen LogP contribution is 2.36. The van der Waals surface area contributed by atoms with Gasteiger partial charge in [0.25, 0.3) is 0 Å². The zero-order chi connectivity index (χ0) is 31.5. The Balaban J connectivity index is 1.92. The van der Waals surface area contributed by atoms with E-state index in [1.54, 1.807) is 0 Å². The molecule has 18 nitrogen and oxygen atoms in total. The molecule has 1 aliphatic rings. The number of ketones is 3. The third kappa shape index (κ3) is 9.05. The average Bonchev–Trinajstić information content (AvgIpc) is 3.58. The van der Waals surface area contributed by atoms with E-state index in [9.17, 15) is 28.8 Å². The quantitative estimate of drug-likeness (QED) is 0.0970. The number of nitrogens with two attached hydrogens (primary N) is 1. The molecule has 0 spiro atoms. The first-order valence-corrected chi connectivity index (χ1v) is 13.6. The lowest BCUT2D eigenvalue weighted by Gasteiger charge is -2.24. The molecule has 18 heteroatoms. The van der Waals surface area contributed by atoms with Crippen LogP contribution < -0.4 is 22.9 Å². The van der Waals surface area contributed by atoms with Crippen molar-refractivity contribution >= 4 is 52.2 Å². The van der Waals surface area contributed by atoms with E-state index in [0.29, 0.717) is 0 Å². The summed E-state index contributed by atoms with van der Waals surface area (Å²) in [7, 11) is 0. The van der Waals surface area contributed by atoms with Gasteiger partial charge in [-0.3, -0.25) is 33.3 Å². The van der Waals surface area contributed by atoms with E-state index in [-0.39, 0.29) is 92.5 Å². The molecule has 2 aromatic rings. The van der Waals surface area contributed by atoms with Gasteiger partial charge in [-0.15, -0.1) is 0 Å². The van der Waals surface area contributed by atoms with Gasteiger partial charge in [-0.2, -0.15) is 0 Å². The second-order valence-corrected chi connectivity index (χ2v) is 9.61. The maximum Gasteiger partial charge on any atom is 0.306 e. The van der Waals surface area contributed by atoms with Crippen LogP contribution >= 0.6 is 0 Å². The first kappa shape index (κ1) is 33.1. The van der Waals surface area contributed by atoms with E-state index in [1.807, 2.05) is 0 Å². The first-order chi connectivity index (χ1) is 20.6. The van der Waals surface area contributed by atoms with Gasteiger partial charge in [0.1, 0.15) is 44.2 Å². The van der Waals surface area contributed by atoms with Crippen molar-refractivity contribution in [3.05, 3.63) is 12.7 Å². The van der Waals surface area contributed by atoms with Crippen molar-refractivity contribution in [1.82, 2.24) is 19.5 Å². The Kier molecular flexibility index (Phi) is 12.1. The number of ether oxygens (including phenoxy) is 4. The lowest BCUT2D eigenvalue weighted by Crippen LogP contribution is -2.54. The Morgan fingerprint density at radius 1 is 0.767 bits per heavy atom. The molecule has 0 amide bonds. The van der Waals surface area contributed by atoms with Crippen LogP contribution in [0.3, 0.4) is 0 Å². The highest BCUT2D eigenvalue weighted by molar-refractivity contribution is 5.85. The Morgan fingerprint density at radius 2 is 1.30 bits per heavy atom. The number of nitrogen functional groups attached to an aromatic ring is 1. The van der Waals surface area contributed by atoms with Gasteiger partial charge in [-0.05, 0) is 0 Å². The molecule has 0 saturated carbocycles. The van der Waals surface area contributed by atoms with Crippen molar-refractivity contribution in [2.45, 2.75) is 63.1 Å². The van der Waals surface area contributed by atoms with Gasteiger partial charge in [-0.25, -0.2) is 15.0 Å². The van der Waals surface area contributed by atoms with Gasteiger partial charge < -0.3 is 41.9 Å². The summed E-state index contributed by atoms with van der Waals surface area (Å²) in [6.45, 7) is -0.441. The summed E-state index contributed by atoms with van der Waals surface area (Å²) in [6, 6.07) is 0. The van der Waals surface area contributed by atoms with E-state index >= 15 is 0 Å². The lowest BCUT2D eigenvalue weighted by molar-refractivity contribution is -0.354. The first-order valence-electron chi connectivity index (χ1n) is 13.6. The van der Waals surface area contributed by atoms with Crippen LogP contribution in [0.5, 0.6) is 0 Å². The number of hydrogen-bond donors (Lipinski definition) is 4. The van der Waals surface area contributed by atoms with E-state index in [4.69, 9.17) is 24.7 Å². The number of rotatable bonds is 17. The van der Waals surface area contributed by atoms with Crippen LogP contribution in [0.1, 0.15) is 44.8 Å². The van der Waals surface area contributed by atoms with Crippen molar-refractivity contribution < 1.29 is 64.9 Å². The summed E-state index contributed by atoms with van der Waals surface area (Å²) in [6.07, 6.45) is -3.61. The molecule has 2 unspecified atom stereocenters. The molecule has 4 atom stereocenters. The fourth-order valence-corrected chi connectivity index (χ4v) is 4.16. The molecule has 1 aliphatic heterocycles. The van der Waals surface area contributed by atoms with Crippen LogP contribution in [-0.2, 0) is 47.7 Å². The summed E-state index contributed by atoms with van der Waals surface area (Å²) in [5.74, 6) is -2.99. The number of fused-ring (bicyclic) bond motifs is 1. The standard InChI is InChI=1S/C25H34N8O10/c26-7-13(34)1-4-17(37)40-10-16-21(42-18(38)5-2-14(35)8-27)22(43-19(39)6-3-15(36)9-28)25(41-16)33-12-32-20-23(29)30-11-31-24(20)33/h11-12,16,21-22,25H,1-10,26-28H2,(H2,29,30,31)/p+3/t16-,21?,22?,25-/m1/s1. The number of imidazole rings is 1. The smallest absolute Gasteiger partial charge is 0.306 e. The fraction of sp³-hybridized carbons (Fsp3) is 0.560. The van der Waals surface area contributed by atoms with Gasteiger partial charge in [0.15, 0.2) is 47.3 Å². The molecule has 0 aromatic carbocycles. The Bertz CT molecular complexity index is 1350. The van der Waals surface area contributed by atoms with Crippen LogP contribution in [0.4, 0.5) is 5.82 Å². The van der Waals surface area contributed by atoms with Crippen molar-refractivity contribution in [2.75, 3.05) is 32.0 Å². The van der Waals surface area contributed by atoms with Crippen LogP contribution in [0.15, 0.2) is 12.7 Å². The van der Waals surface area contributed by atoms with E-state index < -0.39 is 49.1 Å². The van der Waals surface area contributed by atoms with Crippen LogP contribution in [-0.4, -0.2) is 99.3 Å². The molecule has 2 aromatic heterocycles. The molecular weight excluding hydrogens is 572 g/mol. The number of aromatic nitrogens is 4. The minimum Gasteiger partial charge on any atom is -0.463 e. The number of quaternary nitrogens is 3. The fourth-order valence-electron chi connectivity index (χ4n) is 4.16. The summed E-state index contributed by atoms with van der Waals surface area (Å²) in [5.41, 5.74) is 16.8. The second-order valence-electron chi connectivity index (χ2n) is 9.61. The zero-order valence-corrected chi connectivity index (χ0v) is 23.6. The van der Waals surface area contributed by atoms with Crippen molar-refractivity contribution in [2.24, 2.45) is 0 Å². The Labute approximate surface area is 244 Å². The number of esters is 3. The molecule has 1 saturated heterocycles. The van der Waals surface area contributed by atoms with Crippen molar-refractivity contribution in [3.63, 3.8) is 0 Å². The molecule has 11 N–H and O–H groups in total. The molecule has 0 aliphatic carbocycles. The molecule has 1 fully saturated rings. The summed E-state index contributed by atoms with van der Waals surface area (Å²) in [5, 5.41) is 0. The molecular formula is C25H37N8O10+3. The monoisotopic (exact) mass is 609 g/mol. The minimum absolute atomic E-state index is 0.00928. The summed E-state index contributed by atoms with van der Waals surface area (Å²) in [4.78, 5) is 85.3. The number of nitrogens with zero attached hydrogens (tertiary/aromatic N) is 4. The maximum atomic E-state index is 12.9. The molecule has 234 valence electrons. The van der Waals surface area contributed by atoms with Crippen LogP contribution in [0.2, 0.25) is 0 Å². The second kappa shape index (κ2) is 15.7. The van der Waals surface area contributed by atoms with Crippen LogP contribution in [0.25, 0.3) is 11.2 Å². The maximum absolute atomic E-state index is 12.9. The topological polar surface area (TPSA) is 292 Å². The van der Waals surface area contributed by atoms with Crippen molar-refractivity contribution in [1.29, 1.82) is 0 Å². The number of anilines is 1. The van der Waals surface area contributed by atoms with E-state index in [2.05, 4.69) is 32.2 Å². The molecule has 0 radical (unpaired) electrons. The highest BCUT2D eigenvalue weighted by atomic mass is 16.7. The van der Waals surface area contributed by atoms with Gasteiger partial charge >= 0.3 is 17.9 Å². The molecule has 3 heterocycles. The summed E-state index contributed by atoms with van der Waals surface area (Å²) >= 11 is 0. The number of carbonyl (C=O) groups is 6. The largest absolute Gasteiger partial charge is 0.463 e. The van der Waals surface area contributed by atoms with Crippen molar-refractivity contribution in [3.8, 4) is 0 Å². The summed E-state index contributed by atoms with van der Waals surface area (Å²) < 4.78 is 24.2. The van der Waals surface area contributed by atoms with Gasteiger partial charge in [-0.1, -0.05) is 0 Å². The normalized spacial score (nSPS) is 19.6. The molecule has 3 rings (SSSR count). The highest BCUT2D eigenvalue weighted by Gasteiger charge is 2.51. The van der Waals surface area contributed by atoms with Crippen LogP contribution in [0, 0.1) is 0 Å². The average molecular weight is 610 g/mol. The predicted octanol–water partition coefficient (Wildman–Crippen LogP) is -4.55. The zero-order valence-electron chi connectivity index (χ0n) is 23.6. The molecule has 0 bridgehead atoms. The SMILES string of the molecule is Nc1ncnc2c1ncn2[C@@H]1O[C@H](COC(=O)CCC(=O)C[NH3+])C(OC(=O)CCC(=O)C[NH3+])C1OC(=O)CCC(=O)C[NH3+]. The number of Topliss-reactive ketones (excluding diaryl/α,β-unsaturated/α-hetero) is 3. The van der Waals surface area contributed by atoms with Gasteiger partial charge in [0.2, 0.25) is 0 Å². The number of hydrogen-bond acceptors (Lipinski definition) is 14. The van der Waals surface area contributed by atoms with E-state index in [0.717, 1.165) is 0 Å². The minimum atomic E-state index is -1.33. The number of carbonyl (C=O) groups excluding carboxylic acids is 6. The third-order valence-corrected chi connectivity index (χ3v) is 6.55. The van der Waals surface area contributed by atoms with Gasteiger partial charge in [0, 0.05) is 19.3 Å². The lowest BCUT2D eigenvalue weighted by atomic mass is 10.1. The van der Waals surface area contributed by atoms with E-state index in [1.165, 1.54) is 17.2 Å². The van der Waals surface area contributed by atoms with Gasteiger partial charge in [0.05, 0.1) is 25.6 Å². The molecule has 43 heavy (non-hydrogen) atoms. The predicted molar refractivity (Wildman–Crippen MR) is 140 cm³/mol. The Morgan fingerprint density at radius 3 is 1.86 bits per heavy atom. The third-order valence-electron chi connectivity index (χ3n) is 6.55.